The normalized spacial score (nSPS) is 31.4. The highest BCUT2D eigenvalue weighted by atomic mass is 19.3. The third-order valence-corrected chi connectivity index (χ3v) is 6.79. The number of carbonyl (C=O) groups excluding carboxylic acids is 3. The van der Waals surface area contributed by atoms with Crippen LogP contribution in [0.1, 0.15) is 47.5 Å². The Morgan fingerprint density at radius 3 is 2.21 bits per heavy atom. The minimum Gasteiger partial charge on any atom is -0.467 e. The maximum Gasteiger partial charge on any atom is 0.328 e. The zero-order valence-corrected chi connectivity index (χ0v) is 17.3. The number of esters is 1. The van der Waals surface area contributed by atoms with Crippen molar-refractivity contribution >= 4 is 17.8 Å². The van der Waals surface area contributed by atoms with Crippen molar-refractivity contribution in [2.45, 2.75) is 65.5 Å². The molecule has 0 bridgehead atoms. The van der Waals surface area contributed by atoms with E-state index in [4.69, 9.17) is 4.74 Å². The third kappa shape index (κ3) is 3.39. The second-order valence-electron chi connectivity index (χ2n) is 10.2. The standard InChI is InChI=1S/C20H30F2N2O4/c1-18(2,3)14(23-15(25)10-7-20(21,22)8-10)16(26)24-9-11-12(19(11,4)5)13(24)17(27)28-6/h10-14H,7-9H2,1-6H3,(H,23,25)/t11-,12-,13-,14+/m0/s1. The first-order chi connectivity index (χ1) is 12.7. The highest BCUT2D eigenvalue weighted by Gasteiger charge is 2.70. The number of nitrogens with one attached hydrogen (secondary N) is 1. The first kappa shape index (κ1) is 21.0. The average Bonchev–Trinajstić information content (AvgIpc) is 2.92. The first-order valence-corrected chi connectivity index (χ1v) is 9.77. The SMILES string of the molecule is COC(=O)[C@@H]1[C@@H]2[C@H](CN1C(=O)[C@@H](NC(=O)C1CC(F)(F)C1)C(C)(C)C)C2(C)C. The van der Waals surface area contributed by atoms with Gasteiger partial charge in [-0.25, -0.2) is 13.6 Å². The molecular weight excluding hydrogens is 370 g/mol. The quantitative estimate of drug-likeness (QED) is 0.735. The van der Waals surface area contributed by atoms with E-state index in [1.54, 1.807) is 20.8 Å². The van der Waals surface area contributed by atoms with Crippen LogP contribution in [0.3, 0.4) is 0 Å². The minimum absolute atomic E-state index is 0.0329. The maximum absolute atomic E-state index is 13.3. The number of alkyl halides is 2. The van der Waals surface area contributed by atoms with Gasteiger partial charge in [-0.2, -0.15) is 0 Å². The number of likely N-dealkylation sites (tertiary alicyclic amines) is 1. The Morgan fingerprint density at radius 1 is 1.18 bits per heavy atom. The average molecular weight is 400 g/mol. The van der Waals surface area contributed by atoms with Crippen LogP contribution in [0.5, 0.6) is 0 Å². The topological polar surface area (TPSA) is 75.7 Å². The number of nitrogens with zero attached hydrogens (tertiary/aromatic N) is 1. The fourth-order valence-electron chi connectivity index (χ4n) is 4.82. The van der Waals surface area contributed by atoms with E-state index >= 15 is 0 Å². The molecule has 0 aromatic heterocycles. The van der Waals surface area contributed by atoms with Crippen LogP contribution < -0.4 is 5.32 Å². The highest BCUT2D eigenvalue weighted by Crippen LogP contribution is 2.65. The summed E-state index contributed by atoms with van der Waals surface area (Å²) in [5, 5.41) is 2.69. The predicted octanol–water partition coefficient (Wildman–Crippen LogP) is 2.22. The zero-order chi connectivity index (χ0) is 21.2. The van der Waals surface area contributed by atoms with Gasteiger partial charge < -0.3 is 15.0 Å². The Kier molecular flexibility index (Phi) is 4.79. The van der Waals surface area contributed by atoms with Gasteiger partial charge in [0.2, 0.25) is 17.7 Å². The van der Waals surface area contributed by atoms with Crippen molar-refractivity contribution in [1.29, 1.82) is 0 Å². The van der Waals surface area contributed by atoms with Crippen molar-refractivity contribution in [2.24, 2.45) is 28.6 Å². The molecule has 0 radical (unpaired) electrons. The first-order valence-electron chi connectivity index (χ1n) is 9.77. The number of hydrogen-bond acceptors (Lipinski definition) is 4. The predicted molar refractivity (Wildman–Crippen MR) is 97.3 cm³/mol. The van der Waals surface area contributed by atoms with Crippen LogP contribution in [0.2, 0.25) is 0 Å². The molecule has 3 aliphatic rings. The minimum atomic E-state index is -2.80. The van der Waals surface area contributed by atoms with E-state index in [-0.39, 0.29) is 23.2 Å². The largest absolute Gasteiger partial charge is 0.467 e. The number of rotatable bonds is 4. The molecule has 4 atom stereocenters. The van der Waals surface area contributed by atoms with E-state index in [1.807, 2.05) is 0 Å². The lowest BCUT2D eigenvalue weighted by Crippen LogP contribution is -2.60. The molecule has 8 heteroatoms. The van der Waals surface area contributed by atoms with Crippen molar-refractivity contribution in [3.63, 3.8) is 0 Å². The van der Waals surface area contributed by atoms with E-state index in [0.29, 0.717) is 6.54 Å². The van der Waals surface area contributed by atoms with Crippen LogP contribution >= 0.6 is 0 Å². The molecule has 2 amide bonds. The van der Waals surface area contributed by atoms with Gasteiger partial charge in [0.25, 0.3) is 0 Å². The summed E-state index contributed by atoms with van der Waals surface area (Å²) >= 11 is 0. The maximum atomic E-state index is 13.3. The number of halogens is 2. The summed E-state index contributed by atoms with van der Waals surface area (Å²) in [6.45, 7) is 9.98. The highest BCUT2D eigenvalue weighted by molar-refractivity contribution is 5.93. The molecule has 1 heterocycles. The van der Waals surface area contributed by atoms with Gasteiger partial charge in [-0.05, 0) is 16.7 Å². The van der Waals surface area contributed by atoms with Crippen molar-refractivity contribution in [3.8, 4) is 0 Å². The van der Waals surface area contributed by atoms with Crippen LogP contribution in [-0.2, 0) is 19.1 Å². The van der Waals surface area contributed by atoms with Crippen molar-refractivity contribution in [2.75, 3.05) is 13.7 Å². The smallest absolute Gasteiger partial charge is 0.328 e. The van der Waals surface area contributed by atoms with Gasteiger partial charge in [-0.3, -0.25) is 9.59 Å². The number of carbonyl (C=O) groups is 3. The van der Waals surface area contributed by atoms with Crippen LogP contribution in [0.25, 0.3) is 0 Å². The van der Waals surface area contributed by atoms with Crippen molar-refractivity contribution < 1.29 is 27.9 Å². The number of hydrogen-bond donors (Lipinski definition) is 1. The van der Waals surface area contributed by atoms with E-state index in [1.165, 1.54) is 12.0 Å². The van der Waals surface area contributed by atoms with Crippen molar-refractivity contribution in [1.82, 2.24) is 10.2 Å². The molecule has 0 aromatic rings. The van der Waals surface area contributed by atoms with Crippen LogP contribution in [0.15, 0.2) is 0 Å². The lowest BCUT2D eigenvalue weighted by molar-refractivity contribution is -0.158. The number of methoxy groups -OCH3 is 1. The molecule has 0 spiro atoms. The fourth-order valence-corrected chi connectivity index (χ4v) is 4.82. The second kappa shape index (κ2) is 6.39. The number of amides is 2. The van der Waals surface area contributed by atoms with Gasteiger partial charge in [-0.1, -0.05) is 34.6 Å². The second-order valence-corrected chi connectivity index (χ2v) is 10.2. The summed E-state index contributed by atoms with van der Waals surface area (Å²) in [5.41, 5.74) is -0.671. The number of piperidine rings is 1. The van der Waals surface area contributed by atoms with Crippen molar-refractivity contribution in [3.05, 3.63) is 0 Å². The Morgan fingerprint density at radius 2 is 1.75 bits per heavy atom. The molecule has 3 fully saturated rings. The molecule has 2 aliphatic carbocycles. The summed E-state index contributed by atoms with van der Waals surface area (Å²) in [5.74, 6) is -4.68. The Balaban J connectivity index is 1.77. The lowest BCUT2D eigenvalue weighted by Gasteiger charge is -2.39. The summed E-state index contributed by atoms with van der Waals surface area (Å²) in [6.07, 6.45) is -0.979. The Bertz CT molecular complexity index is 693. The number of fused-ring (bicyclic) bond motifs is 1. The molecule has 28 heavy (non-hydrogen) atoms. The Labute approximate surface area is 164 Å². The number of ether oxygens (including phenoxy) is 1. The van der Waals surface area contributed by atoms with Gasteiger partial charge in [0, 0.05) is 31.2 Å². The molecule has 6 nitrogen and oxygen atoms in total. The fraction of sp³-hybridized carbons (Fsp3) is 0.850. The molecule has 158 valence electrons. The van der Waals surface area contributed by atoms with E-state index < -0.39 is 54.1 Å². The zero-order valence-electron chi connectivity index (χ0n) is 17.3. The van der Waals surface area contributed by atoms with E-state index in [9.17, 15) is 23.2 Å². The molecule has 0 aromatic carbocycles. The summed E-state index contributed by atoms with van der Waals surface area (Å²) < 4.78 is 31.2. The Hall–Kier alpha value is -1.73. The lowest BCUT2D eigenvalue weighted by atomic mass is 9.79. The van der Waals surface area contributed by atoms with E-state index in [0.717, 1.165) is 0 Å². The molecule has 2 saturated carbocycles. The molecule has 3 rings (SSSR count). The summed E-state index contributed by atoms with van der Waals surface area (Å²) in [6, 6.07) is -1.57. The van der Waals surface area contributed by atoms with Gasteiger partial charge in [0.05, 0.1) is 7.11 Å². The van der Waals surface area contributed by atoms with E-state index in [2.05, 4.69) is 19.2 Å². The molecule has 1 saturated heterocycles. The van der Waals surface area contributed by atoms with Gasteiger partial charge >= 0.3 is 5.97 Å². The monoisotopic (exact) mass is 400 g/mol. The molecule has 1 aliphatic heterocycles. The van der Waals surface area contributed by atoms with Gasteiger partial charge in [-0.15, -0.1) is 0 Å². The third-order valence-electron chi connectivity index (χ3n) is 6.79. The van der Waals surface area contributed by atoms with Gasteiger partial charge in [0.1, 0.15) is 12.1 Å². The molecule has 0 unspecified atom stereocenters. The summed E-state index contributed by atoms with van der Waals surface area (Å²) in [4.78, 5) is 39.7. The summed E-state index contributed by atoms with van der Waals surface area (Å²) in [7, 11) is 1.30. The van der Waals surface area contributed by atoms with Gasteiger partial charge in [0.15, 0.2) is 0 Å². The molecular formula is C20H30F2N2O4. The van der Waals surface area contributed by atoms with Crippen LogP contribution in [0, 0.1) is 28.6 Å². The van der Waals surface area contributed by atoms with Crippen LogP contribution in [0.4, 0.5) is 8.78 Å². The molecule has 1 N–H and O–H groups in total. The van der Waals surface area contributed by atoms with Crippen LogP contribution in [-0.4, -0.2) is 54.3 Å².